The van der Waals surface area contributed by atoms with E-state index >= 15 is 0 Å². The lowest BCUT2D eigenvalue weighted by molar-refractivity contribution is -0.120. The van der Waals surface area contributed by atoms with Crippen LogP contribution in [-0.2, 0) is 4.79 Å². The third-order valence-electron chi connectivity index (χ3n) is 6.63. The predicted molar refractivity (Wildman–Crippen MR) is 135 cm³/mol. The number of carbonyl (C=O) groups excluding carboxylic acids is 2. The molecule has 11 heteroatoms. The minimum atomic E-state index is -0.381. The van der Waals surface area contributed by atoms with E-state index in [1.165, 1.54) is 30.4 Å². The number of pyridine rings is 1. The summed E-state index contributed by atoms with van der Waals surface area (Å²) in [5.74, 6) is -0.0835. The van der Waals surface area contributed by atoms with Crippen LogP contribution in [0.3, 0.4) is 0 Å². The molecule has 2 amide bonds. The molecule has 0 bridgehead atoms. The molecule has 10 nitrogen and oxygen atoms in total. The number of thiazole rings is 1. The van der Waals surface area contributed by atoms with Crippen LogP contribution >= 0.6 is 11.3 Å². The first kappa shape index (κ1) is 21.9. The number of nitrogens with zero attached hydrogens (tertiary/aromatic N) is 5. The molecule has 2 aliphatic heterocycles. The summed E-state index contributed by atoms with van der Waals surface area (Å²) in [5.41, 5.74) is 1.04. The summed E-state index contributed by atoms with van der Waals surface area (Å²) in [7, 11) is 0. The molecule has 6 rings (SSSR count). The molecule has 3 aromatic heterocycles. The van der Waals surface area contributed by atoms with Crippen molar-refractivity contribution in [2.75, 3.05) is 50.7 Å². The number of fused-ring (bicyclic) bond motifs is 5. The summed E-state index contributed by atoms with van der Waals surface area (Å²) in [6.07, 6.45) is 3.85. The molecule has 0 spiro atoms. The molecule has 2 saturated heterocycles. The summed E-state index contributed by atoms with van der Waals surface area (Å²) in [4.78, 5) is 52.6. The summed E-state index contributed by atoms with van der Waals surface area (Å²) in [5, 5.41) is 6.03. The number of hydrogen-bond donors (Lipinski definition) is 2. The fraction of sp³-hybridized carbons (Fsp3) is 0.375. The number of likely N-dealkylation sites (tertiary alicyclic amines) is 1. The molecule has 0 radical (unpaired) electrons. The van der Waals surface area contributed by atoms with Gasteiger partial charge in [0.2, 0.25) is 17.3 Å². The van der Waals surface area contributed by atoms with E-state index in [0.29, 0.717) is 36.1 Å². The number of para-hydroxylation sites is 1. The molecule has 1 aromatic carbocycles. The SMILES string of the molecule is O=C1CN(c2ncc3c(=O)c(C(=O)NCCN4CCCC4)c4sc5ccccc5n4c3n2)CCN1. The summed E-state index contributed by atoms with van der Waals surface area (Å²) in [6.45, 7) is 4.60. The fourth-order valence-electron chi connectivity index (χ4n) is 4.87. The Balaban J connectivity index is 1.47. The van der Waals surface area contributed by atoms with Gasteiger partial charge < -0.3 is 20.4 Å². The highest BCUT2D eigenvalue weighted by Crippen LogP contribution is 2.31. The average molecular weight is 492 g/mol. The minimum absolute atomic E-state index is 0.0933. The third-order valence-corrected chi connectivity index (χ3v) is 7.77. The van der Waals surface area contributed by atoms with Crippen molar-refractivity contribution in [2.45, 2.75) is 12.8 Å². The van der Waals surface area contributed by atoms with E-state index in [1.807, 2.05) is 28.7 Å². The molecule has 2 N–H and O–H groups in total. The van der Waals surface area contributed by atoms with Gasteiger partial charge in [0.25, 0.3) is 5.91 Å². The predicted octanol–water partition coefficient (Wildman–Crippen LogP) is 1.22. The van der Waals surface area contributed by atoms with Gasteiger partial charge in [-0.2, -0.15) is 4.98 Å². The Morgan fingerprint density at radius 1 is 1.14 bits per heavy atom. The normalized spacial score (nSPS) is 16.9. The van der Waals surface area contributed by atoms with Crippen LogP contribution in [0.15, 0.2) is 35.3 Å². The molecule has 0 saturated carbocycles. The van der Waals surface area contributed by atoms with Crippen LogP contribution in [0.4, 0.5) is 5.95 Å². The average Bonchev–Trinajstić information content (AvgIpc) is 3.52. The Hall–Kier alpha value is -3.57. The molecule has 5 heterocycles. The molecular formula is C24H25N7O3S. The number of nitrogens with one attached hydrogen (secondary N) is 2. The van der Waals surface area contributed by atoms with Gasteiger partial charge in [-0.25, -0.2) is 4.98 Å². The summed E-state index contributed by atoms with van der Waals surface area (Å²) >= 11 is 1.40. The molecule has 2 aliphatic rings. The van der Waals surface area contributed by atoms with Gasteiger partial charge in [-0.15, -0.1) is 11.3 Å². The minimum Gasteiger partial charge on any atom is -0.353 e. The maximum Gasteiger partial charge on any atom is 0.258 e. The van der Waals surface area contributed by atoms with Crippen LogP contribution in [0.1, 0.15) is 23.2 Å². The third kappa shape index (κ3) is 3.90. The molecular weight excluding hydrogens is 466 g/mol. The number of amides is 2. The molecule has 2 fully saturated rings. The van der Waals surface area contributed by atoms with E-state index in [1.54, 1.807) is 4.90 Å². The fourth-order valence-corrected chi connectivity index (χ4v) is 6.05. The van der Waals surface area contributed by atoms with Crippen molar-refractivity contribution in [3.8, 4) is 0 Å². The number of rotatable bonds is 5. The highest BCUT2D eigenvalue weighted by molar-refractivity contribution is 7.24. The van der Waals surface area contributed by atoms with E-state index in [4.69, 9.17) is 4.98 Å². The first-order chi connectivity index (χ1) is 17.1. The quantitative estimate of drug-likeness (QED) is 0.432. The largest absolute Gasteiger partial charge is 0.353 e. The lowest BCUT2D eigenvalue weighted by atomic mass is 10.2. The van der Waals surface area contributed by atoms with Crippen molar-refractivity contribution in [3.63, 3.8) is 0 Å². The Morgan fingerprint density at radius 3 is 2.80 bits per heavy atom. The zero-order valence-corrected chi connectivity index (χ0v) is 19.9. The van der Waals surface area contributed by atoms with Gasteiger partial charge in [0.05, 0.1) is 22.1 Å². The standard InChI is InChI=1S/C24H25N7O3S/c32-18-14-30(12-8-25-18)24-27-13-15-20(33)19(22(34)26-7-11-29-9-3-4-10-29)23-31(21(15)28-24)16-5-1-2-6-17(16)35-23/h1-2,5-6,13H,3-4,7-12,14H2,(H,25,32)(H,26,34). The van der Waals surface area contributed by atoms with Gasteiger partial charge in [0.15, 0.2) is 5.65 Å². The van der Waals surface area contributed by atoms with Gasteiger partial charge in [-0.05, 0) is 38.1 Å². The van der Waals surface area contributed by atoms with E-state index in [-0.39, 0.29) is 34.7 Å². The number of benzene rings is 1. The molecule has 0 unspecified atom stereocenters. The molecule has 0 aliphatic carbocycles. The van der Waals surface area contributed by atoms with E-state index in [2.05, 4.69) is 20.5 Å². The van der Waals surface area contributed by atoms with Gasteiger partial charge in [0, 0.05) is 32.4 Å². The zero-order chi connectivity index (χ0) is 23.9. The van der Waals surface area contributed by atoms with Crippen molar-refractivity contribution in [1.82, 2.24) is 29.9 Å². The molecule has 4 aromatic rings. The Bertz CT molecular complexity index is 1520. The van der Waals surface area contributed by atoms with Crippen LogP contribution in [0, 0.1) is 0 Å². The Kier molecular flexibility index (Phi) is 5.57. The van der Waals surface area contributed by atoms with Crippen molar-refractivity contribution in [1.29, 1.82) is 0 Å². The van der Waals surface area contributed by atoms with Gasteiger partial charge in [0.1, 0.15) is 10.4 Å². The maximum absolute atomic E-state index is 13.6. The second-order valence-corrected chi connectivity index (χ2v) is 9.93. The number of piperazine rings is 1. The van der Waals surface area contributed by atoms with E-state index in [9.17, 15) is 14.4 Å². The van der Waals surface area contributed by atoms with Crippen LogP contribution in [-0.4, -0.2) is 76.9 Å². The van der Waals surface area contributed by atoms with Crippen molar-refractivity contribution >= 4 is 55.2 Å². The first-order valence-corrected chi connectivity index (χ1v) is 12.7. The van der Waals surface area contributed by atoms with Crippen LogP contribution in [0.25, 0.3) is 26.1 Å². The van der Waals surface area contributed by atoms with Crippen molar-refractivity contribution in [3.05, 3.63) is 46.2 Å². The van der Waals surface area contributed by atoms with E-state index < -0.39 is 0 Å². The van der Waals surface area contributed by atoms with Crippen LogP contribution in [0.2, 0.25) is 0 Å². The van der Waals surface area contributed by atoms with Crippen LogP contribution < -0.4 is 21.0 Å². The Morgan fingerprint density at radius 2 is 1.97 bits per heavy atom. The monoisotopic (exact) mass is 491 g/mol. The lowest BCUT2D eigenvalue weighted by Crippen LogP contribution is -2.48. The number of anilines is 1. The Labute approximate surface area is 204 Å². The van der Waals surface area contributed by atoms with Gasteiger partial charge >= 0.3 is 0 Å². The molecule has 180 valence electrons. The first-order valence-electron chi connectivity index (χ1n) is 11.9. The lowest BCUT2D eigenvalue weighted by Gasteiger charge is -2.26. The molecule has 35 heavy (non-hydrogen) atoms. The van der Waals surface area contributed by atoms with Gasteiger partial charge in [-0.1, -0.05) is 12.1 Å². The second-order valence-electron chi connectivity index (χ2n) is 8.90. The smallest absolute Gasteiger partial charge is 0.258 e. The number of aromatic nitrogens is 3. The highest BCUT2D eigenvalue weighted by atomic mass is 32.1. The van der Waals surface area contributed by atoms with Crippen molar-refractivity contribution < 1.29 is 9.59 Å². The zero-order valence-electron chi connectivity index (χ0n) is 19.1. The number of hydrogen-bond acceptors (Lipinski definition) is 8. The summed E-state index contributed by atoms with van der Waals surface area (Å²) in [6, 6.07) is 7.77. The summed E-state index contributed by atoms with van der Waals surface area (Å²) < 4.78 is 2.82. The second kappa shape index (κ2) is 8.90. The molecule has 0 atom stereocenters. The highest BCUT2D eigenvalue weighted by Gasteiger charge is 2.25. The van der Waals surface area contributed by atoms with Gasteiger partial charge in [-0.3, -0.25) is 18.8 Å². The van der Waals surface area contributed by atoms with E-state index in [0.717, 1.165) is 29.9 Å². The van der Waals surface area contributed by atoms with Crippen molar-refractivity contribution in [2.24, 2.45) is 0 Å². The van der Waals surface area contributed by atoms with Crippen LogP contribution in [0.5, 0.6) is 0 Å². The maximum atomic E-state index is 13.6. The topological polar surface area (TPSA) is 112 Å². The number of carbonyl (C=O) groups is 2.